The van der Waals surface area contributed by atoms with Gasteiger partial charge in [0.25, 0.3) is 11.8 Å². The molecule has 3 heterocycles. The number of hydrogen-bond acceptors (Lipinski definition) is 3. The molecule has 6 nitrogen and oxygen atoms in total. The lowest BCUT2D eigenvalue weighted by molar-refractivity contribution is 0.0951. The lowest BCUT2D eigenvalue weighted by Gasteiger charge is -2.28. The Kier molecular flexibility index (Phi) is 4.62. The summed E-state index contributed by atoms with van der Waals surface area (Å²) in [6, 6.07) is 13.5. The second kappa shape index (κ2) is 7.23. The molecule has 0 atom stereocenters. The third kappa shape index (κ3) is 3.07. The molecule has 3 aromatic rings. The predicted octanol–water partition coefficient (Wildman–Crippen LogP) is 3.07. The van der Waals surface area contributed by atoms with Gasteiger partial charge >= 0.3 is 0 Å². The summed E-state index contributed by atoms with van der Waals surface area (Å²) in [5.41, 5.74) is 3.02. The third-order valence-electron chi connectivity index (χ3n) is 4.85. The molecule has 0 spiro atoms. The Hall–Kier alpha value is -3.15. The van der Waals surface area contributed by atoms with Crippen molar-refractivity contribution in [3.05, 3.63) is 65.7 Å². The summed E-state index contributed by atoms with van der Waals surface area (Å²) in [5, 5.41) is 2.85. The van der Waals surface area contributed by atoms with E-state index in [1.165, 1.54) is 5.56 Å². The van der Waals surface area contributed by atoms with Gasteiger partial charge in [-0.05, 0) is 43.0 Å². The maximum atomic E-state index is 13.3. The highest BCUT2D eigenvalue weighted by Crippen LogP contribution is 2.28. The van der Waals surface area contributed by atoms with Gasteiger partial charge in [0.1, 0.15) is 0 Å². The molecule has 0 saturated carbocycles. The van der Waals surface area contributed by atoms with E-state index >= 15 is 0 Å². The van der Waals surface area contributed by atoms with Crippen LogP contribution in [0.1, 0.15) is 46.4 Å². The second-order valence-corrected chi connectivity index (χ2v) is 6.68. The fraction of sp³-hybridized carbons (Fsp3) is 0.286. The first kappa shape index (κ1) is 17.3. The van der Waals surface area contributed by atoms with E-state index in [9.17, 15) is 9.59 Å². The first-order valence-electron chi connectivity index (χ1n) is 9.35. The standard InChI is InChI=1S/C21H22N4O2/c1-2-12-22-20(26)18-17-11-5-6-13-24(17)19(23-18)21(27)25-14-7-9-15-8-3-4-10-16(15)25/h3-6,8,10-11,13H,2,7,9,12,14H2,1H3,(H,22,26). The average molecular weight is 362 g/mol. The summed E-state index contributed by atoms with van der Waals surface area (Å²) in [6.45, 7) is 3.22. The smallest absolute Gasteiger partial charge is 0.294 e. The Labute approximate surface area is 157 Å². The minimum atomic E-state index is -0.251. The molecule has 0 saturated heterocycles. The SMILES string of the molecule is CCCNC(=O)c1nc(C(=O)N2CCCc3ccccc32)n2ccccc12. The van der Waals surface area contributed by atoms with Crippen LogP contribution in [-0.4, -0.2) is 34.3 Å². The van der Waals surface area contributed by atoms with E-state index in [1.807, 2.05) is 43.3 Å². The van der Waals surface area contributed by atoms with Gasteiger partial charge < -0.3 is 10.2 Å². The Morgan fingerprint density at radius 2 is 1.96 bits per heavy atom. The zero-order valence-electron chi connectivity index (χ0n) is 15.3. The zero-order valence-corrected chi connectivity index (χ0v) is 15.3. The summed E-state index contributed by atoms with van der Waals surface area (Å²) < 4.78 is 1.71. The summed E-state index contributed by atoms with van der Waals surface area (Å²) in [7, 11) is 0. The van der Waals surface area contributed by atoms with Crippen LogP contribution in [0.5, 0.6) is 0 Å². The van der Waals surface area contributed by atoms with Crippen molar-refractivity contribution in [3.63, 3.8) is 0 Å². The molecular formula is C21H22N4O2. The second-order valence-electron chi connectivity index (χ2n) is 6.68. The Bertz CT molecular complexity index is 1010. The largest absolute Gasteiger partial charge is 0.351 e. The van der Waals surface area contributed by atoms with Crippen LogP contribution in [0, 0.1) is 0 Å². The van der Waals surface area contributed by atoms with E-state index in [0.717, 1.165) is 24.9 Å². The van der Waals surface area contributed by atoms with Gasteiger partial charge in [-0.15, -0.1) is 0 Å². The number of amides is 2. The molecular weight excluding hydrogens is 340 g/mol. The van der Waals surface area contributed by atoms with Crippen molar-refractivity contribution in [1.29, 1.82) is 0 Å². The quantitative estimate of drug-likeness (QED) is 0.776. The number of pyridine rings is 1. The first-order valence-corrected chi connectivity index (χ1v) is 9.35. The zero-order chi connectivity index (χ0) is 18.8. The Morgan fingerprint density at radius 1 is 1.15 bits per heavy atom. The van der Waals surface area contributed by atoms with E-state index in [4.69, 9.17) is 0 Å². The van der Waals surface area contributed by atoms with Gasteiger partial charge in [0, 0.05) is 25.0 Å². The summed E-state index contributed by atoms with van der Waals surface area (Å²) in [5.74, 6) is -0.166. The minimum Gasteiger partial charge on any atom is -0.351 e. The van der Waals surface area contributed by atoms with Gasteiger partial charge in [-0.1, -0.05) is 31.2 Å². The highest BCUT2D eigenvalue weighted by atomic mass is 16.2. The molecule has 1 aliphatic heterocycles. The fourth-order valence-electron chi connectivity index (χ4n) is 3.54. The van der Waals surface area contributed by atoms with Crippen molar-refractivity contribution in [2.45, 2.75) is 26.2 Å². The number of hydrogen-bond donors (Lipinski definition) is 1. The monoisotopic (exact) mass is 362 g/mol. The molecule has 1 aromatic carbocycles. The van der Waals surface area contributed by atoms with Crippen molar-refractivity contribution >= 4 is 23.0 Å². The van der Waals surface area contributed by atoms with Gasteiger partial charge in [-0.2, -0.15) is 0 Å². The molecule has 0 radical (unpaired) electrons. The number of nitrogens with one attached hydrogen (secondary N) is 1. The summed E-state index contributed by atoms with van der Waals surface area (Å²) in [6.07, 6.45) is 4.50. The number of aromatic nitrogens is 2. The van der Waals surface area contributed by atoms with Crippen LogP contribution in [0.3, 0.4) is 0 Å². The molecule has 27 heavy (non-hydrogen) atoms. The van der Waals surface area contributed by atoms with Crippen molar-refractivity contribution in [2.75, 3.05) is 18.0 Å². The number of benzene rings is 1. The molecule has 4 rings (SSSR count). The first-order chi connectivity index (χ1) is 13.2. The van der Waals surface area contributed by atoms with Gasteiger partial charge in [0.05, 0.1) is 5.52 Å². The van der Waals surface area contributed by atoms with Crippen molar-refractivity contribution in [3.8, 4) is 0 Å². The molecule has 1 N–H and O–H groups in total. The van der Waals surface area contributed by atoms with Crippen molar-refractivity contribution in [1.82, 2.24) is 14.7 Å². The van der Waals surface area contributed by atoms with Gasteiger partial charge in [-0.25, -0.2) is 4.98 Å². The van der Waals surface area contributed by atoms with Gasteiger partial charge in [0.15, 0.2) is 5.69 Å². The number of rotatable bonds is 4. The minimum absolute atomic E-state index is 0.183. The van der Waals surface area contributed by atoms with Crippen molar-refractivity contribution < 1.29 is 9.59 Å². The molecule has 6 heteroatoms. The Morgan fingerprint density at radius 3 is 2.81 bits per heavy atom. The molecule has 0 aliphatic carbocycles. The fourth-order valence-corrected chi connectivity index (χ4v) is 3.54. The number of nitrogens with zero attached hydrogens (tertiary/aromatic N) is 3. The van der Waals surface area contributed by atoms with E-state index < -0.39 is 0 Å². The van der Waals surface area contributed by atoms with E-state index in [0.29, 0.717) is 18.6 Å². The summed E-state index contributed by atoms with van der Waals surface area (Å²) >= 11 is 0. The molecule has 138 valence electrons. The lowest BCUT2D eigenvalue weighted by Crippen LogP contribution is -2.36. The van der Waals surface area contributed by atoms with E-state index in [-0.39, 0.29) is 23.3 Å². The normalized spacial score (nSPS) is 13.4. The predicted molar refractivity (Wildman–Crippen MR) is 104 cm³/mol. The van der Waals surface area contributed by atoms with E-state index in [2.05, 4.69) is 16.4 Å². The molecule has 2 aromatic heterocycles. The van der Waals surface area contributed by atoms with Crippen LogP contribution >= 0.6 is 0 Å². The molecule has 0 unspecified atom stereocenters. The number of carbonyl (C=O) groups is 2. The molecule has 1 aliphatic rings. The molecule has 0 bridgehead atoms. The Balaban J connectivity index is 1.76. The summed E-state index contributed by atoms with van der Waals surface area (Å²) in [4.78, 5) is 32.1. The van der Waals surface area contributed by atoms with Gasteiger partial charge in [0.2, 0.25) is 5.82 Å². The van der Waals surface area contributed by atoms with Gasteiger partial charge in [-0.3, -0.25) is 14.0 Å². The number of imidazole rings is 1. The lowest BCUT2D eigenvalue weighted by atomic mass is 10.0. The highest BCUT2D eigenvalue weighted by Gasteiger charge is 2.28. The number of para-hydroxylation sites is 1. The topological polar surface area (TPSA) is 66.7 Å². The van der Waals surface area contributed by atoms with E-state index in [1.54, 1.807) is 15.5 Å². The van der Waals surface area contributed by atoms with Crippen LogP contribution in [0.25, 0.3) is 5.52 Å². The van der Waals surface area contributed by atoms with Crippen LogP contribution in [0.2, 0.25) is 0 Å². The van der Waals surface area contributed by atoms with Crippen LogP contribution in [0.4, 0.5) is 5.69 Å². The average Bonchev–Trinajstić information content (AvgIpc) is 3.11. The number of fused-ring (bicyclic) bond motifs is 2. The number of anilines is 1. The number of carbonyl (C=O) groups excluding carboxylic acids is 2. The van der Waals surface area contributed by atoms with Crippen LogP contribution < -0.4 is 10.2 Å². The van der Waals surface area contributed by atoms with Crippen LogP contribution in [0.15, 0.2) is 48.7 Å². The third-order valence-corrected chi connectivity index (χ3v) is 4.85. The van der Waals surface area contributed by atoms with Crippen LogP contribution in [-0.2, 0) is 6.42 Å². The number of aryl methyl sites for hydroxylation is 1. The molecule has 0 fully saturated rings. The van der Waals surface area contributed by atoms with Crippen molar-refractivity contribution in [2.24, 2.45) is 0 Å². The highest BCUT2D eigenvalue weighted by molar-refractivity contribution is 6.07. The maximum absolute atomic E-state index is 13.3. The molecule has 2 amide bonds. The maximum Gasteiger partial charge on any atom is 0.294 e.